The number of hydrogen-bond donors (Lipinski definition) is 4. The van der Waals surface area contributed by atoms with E-state index in [9.17, 15) is 18.7 Å². The minimum absolute atomic E-state index is 0.119. The summed E-state index contributed by atoms with van der Waals surface area (Å²) >= 11 is 0. The van der Waals surface area contributed by atoms with Gasteiger partial charge in [0, 0.05) is 36.3 Å². The molecule has 0 aliphatic heterocycles. The molecule has 212 valence electrons. The molecule has 2 heterocycles. The zero-order chi connectivity index (χ0) is 28.3. The van der Waals surface area contributed by atoms with Gasteiger partial charge in [-0.05, 0) is 43.7 Å². The van der Waals surface area contributed by atoms with Crippen molar-refractivity contribution < 1.29 is 23.4 Å². The Morgan fingerprint density at radius 2 is 1.95 bits per heavy atom. The Balaban J connectivity index is 1.32. The molecule has 0 unspecified atom stereocenters. The molecule has 4 rings (SSSR count). The number of nitrogens with zero attached hydrogens (tertiary/aromatic N) is 4. The maximum Gasteiger partial charge on any atom is 0.230 e. The summed E-state index contributed by atoms with van der Waals surface area (Å²) in [4.78, 5) is 23.2. The predicted octanol–water partition coefficient (Wildman–Crippen LogP) is 4.42. The Morgan fingerprint density at radius 3 is 2.77 bits per heavy atom. The number of hydrogen-bond acceptors (Lipinski definition) is 8. The largest absolute Gasteiger partial charge is 0.493 e. The molecule has 0 saturated heterocycles. The molecule has 0 aliphatic carbocycles. The number of aromatic nitrogens is 4. The number of fused-ring (bicyclic) bond motifs is 1. The van der Waals surface area contributed by atoms with E-state index in [1.54, 1.807) is 6.07 Å². The Labute approximate surface area is 230 Å². The minimum Gasteiger partial charge on any atom is -0.493 e. The summed E-state index contributed by atoms with van der Waals surface area (Å²) in [5.74, 6) is -1.03. The fraction of sp³-hybridized carbons (Fsp3) is 0.357. The molecular weight excluding hydrogens is 520 g/mol. The molecule has 4 N–H and O–H groups in total. The first-order chi connectivity index (χ1) is 19.5. The van der Waals surface area contributed by atoms with Gasteiger partial charge in [-0.3, -0.25) is 9.89 Å². The third-order valence-corrected chi connectivity index (χ3v) is 6.19. The average Bonchev–Trinajstić information content (AvgIpc) is 3.38. The van der Waals surface area contributed by atoms with Gasteiger partial charge in [0.1, 0.15) is 17.9 Å². The average molecular weight is 554 g/mol. The Bertz CT molecular complexity index is 1420. The zero-order valence-electron chi connectivity index (χ0n) is 22.3. The van der Waals surface area contributed by atoms with Crippen LogP contribution in [0.4, 0.5) is 26.1 Å². The van der Waals surface area contributed by atoms with E-state index in [0.717, 1.165) is 43.8 Å². The summed E-state index contributed by atoms with van der Waals surface area (Å²) in [7, 11) is 0. The van der Waals surface area contributed by atoms with Crippen molar-refractivity contribution in [3.05, 3.63) is 66.1 Å². The van der Waals surface area contributed by atoms with Crippen LogP contribution < -0.4 is 15.4 Å². The Hall–Kier alpha value is -4.16. The van der Waals surface area contributed by atoms with Crippen LogP contribution in [0.15, 0.2) is 48.8 Å². The van der Waals surface area contributed by atoms with Gasteiger partial charge >= 0.3 is 0 Å². The van der Waals surface area contributed by atoms with Crippen LogP contribution in [0.5, 0.6) is 5.75 Å². The number of unbranched alkanes of at least 4 members (excludes halogenated alkanes) is 1. The topological polar surface area (TPSA) is 128 Å². The molecule has 0 bridgehead atoms. The van der Waals surface area contributed by atoms with Crippen LogP contribution in [0.1, 0.15) is 31.9 Å². The van der Waals surface area contributed by atoms with Gasteiger partial charge in [0.15, 0.2) is 17.5 Å². The van der Waals surface area contributed by atoms with Crippen LogP contribution in [0.2, 0.25) is 0 Å². The summed E-state index contributed by atoms with van der Waals surface area (Å²) in [6, 6.07) is 10.8. The first kappa shape index (κ1) is 28.8. The number of aliphatic hydroxyl groups excluding tert-OH is 1. The second kappa shape index (κ2) is 14.3. The number of nitrogens with one attached hydrogen (secondary N) is 3. The van der Waals surface area contributed by atoms with Crippen molar-refractivity contribution in [1.82, 2.24) is 25.1 Å². The number of aliphatic hydroxyl groups is 1. The molecule has 0 fully saturated rings. The Kier molecular flexibility index (Phi) is 10.3. The van der Waals surface area contributed by atoms with Crippen molar-refractivity contribution in [2.45, 2.75) is 32.6 Å². The summed E-state index contributed by atoms with van der Waals surface area (Å²) in [5.41, 5.74) is 0.930. The second-order valence-electron chi connectivity index (χ2n) is 9.25. The summed E-state index contributed by atoms with van der Waals surface area (Å²) in [5, 5.41) is 22.4. The normalized spacial score (nSPS) is 11.2. The molecule has 0 aliphatic rings. The standard InChI is InChI=1S/C28H33F2N7O3/c1-2-3-10-37(12-13-38)11-5-14-40-20-8-9-21-24(17-20)31-18-32-28(21)34-25-15-19(35-36-25)16-26(39)33-23-7-4-6-22(29)27(23)30/h4,6-9,15,17-18,38H,2-3,5,10-14,16H2,1H3,(H,33,39)(H2,31,32,34,35,36). The van der Waals surface area contributed by atoms with E-state index in [2.05, 4.69) is 42.6 Å². The molecule has 0 saturated carbocycles. The van der Waals surface area contributed by atoms with Gasteiger partial charge in [0.2, 0.25) is 5.91 Å². The zero-order valence-corrected chi connectivity index (χ0v) is 22.3. The van der Waals surface area contributed by atoms with Crippen LogP contribution in [0.3, 0.4) is 0 Å². The van der Waals surface area contributed by atoms with E-state index in [0.29, 0.717) is 41.7 Å². The molecule has 0 radical (unpaired) electrons. The van der Waals surface area contributed by atoms with E-state index >= 15 is 0 Å². The lowest BCUT2D eigenvalue weighted by Gasteiger charge is -2.20. The summed E-state index contributed by atoms with van der Waals surface area (Å²) < 4.78 is 33.1. The number of benzene rings is 2. The lowest BCUT2D eigenvalue weighted by molar-refractivity contribution is -0.115. The number of aromatic amines is 1. The lowest BCUT2D eigenvalue weighted by Crippen LogP contribution is -2.29. The molecule has 0 spiro atoms. The summed E-state index contributed by atoms with van der Waals surface area (Å²) in [6.45, 7) is 5.35. The number of H-pyrrole nitrogens is 1. The van der Waals surface area contributed by atoms with Crippen molar-refractivity contribution in [2.75, 3.05) is 43.5 Å². The highest BCUT2D eigenvalue weighted by Crippen LogP contribution is 2.26. The van der Waals surface area contributed by atoms with E-state index in [1.807, 2.05) is 18.2 Å². The number of amides is 1. The van der Waals surface area contributed by atoms with Crippen molar-refractivity contribution >= 4 is 34.1 Å². The number of carbonyl (C=O) groups excluding carboxylic acids is 1. The fourth-order valence-electron chi connectivity index (χ4n) is 4.17. The highest BCUT2D eigenvalue weighted by atomic mass is 19.2. The monoisotopic (exact) mass is 553 g/mol. The smallest absolute Gasteiger partial charge is 0.230 e. The minimum atomic E-state index is -1.11. The van der Waals surface area contributed by atoms with E-state index in [1.165, 1.54) is 18.5 Å². The highest BCUT2D eigenvalue weighted by molar-refractivity contribution is 5.93. The van der Waals surface area contributed by atoms with Crippen molar-refractivity contribution in [3.8, 4) is 5.75 Å². The van der Waals surface area contributed by atoms with Gasteiger partial charge in [0.25, 0.3) is 0 Å². The molecule has 1 amide bonds. The molecule has 12 heteroatoms. The molecule has 2 aromatic heterocycles. The molecule has 0 atom stereocenters. The van der Waals surface area contributed by atoms with Gasteiger partial charge in [0.05, 0.1) is 30.8 Å². The van der Waals surface area contributed by atoms with Crippen LogP contribution in [-0.2, 0) is 11.2 Å². The van der Waals surface area contributed by atoms with E-state index < -0.39 is 17.5 Å². The number of rotatable bonds is 15. The van der Waals surface area contributed by atoms with E-state index in [4.69, 9.17) is 4.74 Å². The third kappa shape index (κ3) is 7.93. The van der Waals surface area contributed by atoms with Crippen molar-refractivity contribution in [2.24, 2.45) is 0 Å². The highest BCUT2D eigenvalue weighted by Gasteiger charge is 2.14. The number of halogens is 2. The number of carbonyl (C=O) groups is 1. The van der Waals surface area contributed by atoms with Crippen LogP contribution in [0, 0.1) is 11.6 Å². The predicted molar refractivity (Wildman–Crippen MR) is 149 cm³/mol. The van der Waals surface area contributed by atoms with Gasteiger partial charge in [-0.2, -0.15) is 5.10 Å². The van der Waals surface area contributed by atoms with E-state index in [-0.39, 0.29) is 18.7 Å². The van der Waals surface area contributed by atoms with Gasteiger partial charge in [-0.1, -0.05) is 19.4 Å². The maximum atomic E-state index is 13.8. The fourth-order valence-corrected chi connectivity index (χ4v) is 4.17. The maximum absolute atomic E-state index is 13.8. The van der Waals surface area contributed by atoms with Gasteiger partial charge in [-0.25, -0.2) is 18.7 Å². The number of ether oxygens (including phenoxy) is 1. The van der Waals surface area contributed by atoms with Crippen LogP contribution in [0.25, 0.3) is 10.9 Å². The third-order valence-electron chi connectivity index (χ3n) is 6.19. The Morgan fingerprint density at radius 1 is 1.10 bits per heavy atom. The van der Waals surface area contributed by atoms with Crippen molar-refractivity contribution in [1.29, 1.82) is 0 Å². The number of anilines is 3. The van der Waals surface area contributed by atoms with Gasteiger partial charge in [-0.15, -0.1) is 0 Å². The van der Waals surface area contributed by atoms with Gasteiger partial charge < -0.3 is 25.4 Å². The van der Waals surface area contributed by atoms with Crippen LogP contribution >= 0.6 is 0 Å². The first-order valence-corrected chi connectivity index (χ1v) is 13.2. The van der Waals surface area contributed by atoms with Crippen molar-refractivity contribution in [3.63, 3.8) is 0 Å². The molecule has 10 nitrogen and oxygen atoms in total. The molecule has 40 heavy (non-hydrogen) atoms. The lowest BCUT2D eigenvalue weighted by atomic mass is 10.2. The molecular formula is C28H33F2N7O3. The first-order valence-electron chi connectivity index (χ1n) is 13.2. The van der Waals surface area contributed by atoms with Crippen LogP contribution in [-0.4, -0.2) is 68.9 Å². The quantitative estimate of drug-likeness (QED) is 0.159. The second-order valence-corrected chi connectivity index (χ2v) is 9.25. The molecule has 4 aromatic rings. The SMILES string of the molecule is CCCCN(CCO)CCCOc1ccc2c(Nc3cc(CC(=O)Nc4cccc(F)c4F)[nH]n3)ncnc2c1. The molecule has 2 aromatic carbocycles. The summed E-state index contributed by atoms with van der Waals surface area (Å²) in [6.07, 6.45) is 4.38.